The molecule has 10 heteroatoms. The van der Waals surface area contributed by atoms with Gasteiger partial charge in [0.05, 0.1) is 43.2 Å². The standard InChI is InChI=1S/C27H21FN2O6S/c1-34-17-8-4-14(5-9-17)24(31)22-23(15-6-11-19(35-2)20(12-15)36-3)30(26(33)25(22)32)27-29-18-10-7-16(28)13-21(18)37-27/h4-13,23,31H,1-3H3/b24-22+/t23-/m1/s1. The molecule has 1 saturated heterocycles. The second kappa shape index (κ2) is 9.55. The van der Waals surface area contributed by atoms with Gasteiger partial charge in [0, 0.05) is 5.56 Å². The van der Waals surface area contributed by atoms with E-state index in [-0.39, 0.29) is 16.5 Å². The van der Waals surface area contributed by atoms with Gasteiger partial charge in [-0.3, -0.25) is 14.5 Å². The number of Topliss-reactive ketones (excluding diaryl/α,β-unsaturated/α-hetero) is 1. The smallest absolute Gasteiger partial charge is 0.301 e. The monoisotopic (exact) mass is 520 g/mol. The minimum Gasteiger partial charge on any atom is -0.507 e. The van der Waals surface area contributed by atoms with Crippen molar-refractivity contribution in [3.05, 3.63) is 83.2 Å². The molecule has 0 bridgehead atoms. The zero-order valence-corrected chi connectivity index (χ0v) is 20.8. The third kappa shape index (κ3) is 4.15. The third-order valence-corrected chi connectivity index (χ3v) is 7.09. The Morgan fingerprint density at radius 3 is 2.35 bits per heavy atom. The van der Waals surface area contributed by atoms with Gasteiger partial charge >= 0.3 is 5.91 Å². The second-order valence-corrected chi connectivity index (χ2v) is 9.13. The summed E-state index contributed by atoms with van der Waals surface area (Å²) < 4.78 is 30.3. The fourth-order valence-electron chi connectivity index (χ4n) is 4.26. The molecule has 0 radical (unpaired) electrons. The summed E-state index contributed by atoms with van der Waals surface area (Å²) in [5.41, 5.74) is 1.17. The van der Waals surface area contributed by atoms with Crippen LogP contribution < -0.4 is 19.1 Å². The Morgan fingerprint density at radius 1 is 0.946 bits per heavy atom. The first-order valence-corrected chi connectivity index (χ1v) is 11.9. The van der Waals surface area contributed by atoms with Crippen molar-refractivity contribution in [3.8, 4) is 17.2 Å². The number of halogens is 1. The predicted molar refractivity (Wildman–Crippen MR) is 137 cm³/mol. The lowest BCUT2D eigenvalue weighted by Gasteiger charge is -2.23. The molecule has 1 aliphatic heterocycles. The molecular formula is C27H21FN2O6S. The van der Waals surface area contributed by atoms with Crippen LogP contribution in [0.2, 0.25) is 0 Å². The zero-order chi connectivity index (χ0) is 26.3. The Hall–Kier alpha value is -4.44. The van der Waals surface area contributed by atoms with Crippen molar-refractivity contribution in [1.82, 2.24) is 4.98 Å². The maximum atomic E-state index is 13.8. The average Bonchev–Trinajstić information content (AvgIpc) is 3.45. The molecule has 0 aliphatic carbocycles. The maximum Gasteiger partial charge on any atom is 0.301 e. The van der Waals surface area contributed by atoms with E-state index < -0.39 is 23.5 Å². The fourth-order valence-corrected chi connectivity index (χ4v) is 5.28. The van der Waals surface area contributed by atoms with Gasteiger partial charge in [0.1, 0.15) is 17.3 Å². The summed E-state index contributed by atoms with van der Waals surface area (Å²) in [6.45, 7) is 0. The molecule has 4 aromatic rings. The van der Waals surface area contributed by atoms with Crippen LogP contribution in [0.1, 0.15) is 17.2 Å². The lowest BCUT2D eigenvalue weighted by Crippen LogP contribution is -2.29. The van der Waals surface area contributed by atoms with Gasteiger partial charge in [-0.1, -0.05) is 17.4 Å². The summed E-state index contributed by atoms with van der Waals surface area (Å²) in [6.07, 6.45) is 0. The van der Waals surface area contributed by atoms with Crippen molar-refractivity contribution in [2.45, 2.75) is 6.04 Å². The molecule has 8 nitrogen and oxygen atoms in total. The molecule has 1 aromatic heterocycles. The van der Waals surface area contributed by atoms with Crippen LogP contribution >= 0.6 is 11.3 Å². The molecule has 188 valence electrons. The third-order valence-electron chi connectivity index (χ3n) is 6.08. The van der Waals surface area contributed by atoms with E-state index in [9.17, 15) is 19.1 Å². The highest BCUT2D eigenvalue weighted by molar-refractivity contribution is 7.22. The highest BCUT2D eigenvalue weighted by atomic mass is 32.1. The minimum absolute atomic E-state index is 0.118. The van der Waals surface area contributed by atoms with Crippen molar-refractivity contribution in [2.75, 3.05) is 26.2 Å². The first-order valence-electron chi connectivity index (χ1n) is 11.1. The van der Waals surface area contributed by atoms with Gasteiger partial charge in [-0.25, -0.2) is 9.37 Å². The number of nitrogens with zero attached hydrogens (tertiary/aromatic N) is 2. The summed E-state index contributed by atoms with van der Waals surface area (Å²) in [6, 6.07) is 14.5. The quantitative estimate of drug-likeness (QED) is 0.215. The number of ether oxygens (including phenoxy) is 3. The SMILES string of the molecule is COc1ccc(/C(O)=C2\C(=O)C(=O)N(c3nc4ccc(F)cc4s3)[C@@H]2c2ccc(OC)c(OC)c2)cc1. The largest absolute Gasteiger partial charge is 0.507 e. The van der Waals surface area contributed by atoms with Crippen LogP contribution in [0, 0.1) is 5.82 Å². The van der Waals surface area contributed by atoms with Crippen molar-refractivity contribution >= 4 is 44.1 Å². The molecule has 1 fully saturated rings. The molecule has 0 saturated carbocycles. The van der Waals surface area contributed by atoms with Crippen LogP contribution in [-0.4, -0.2) is 43.1 Å². The number of fused-ring (bicyclic) bond motifs is 1. The van der Waals surface area contributed by atoms with Crippen LogP contribution in [0.4, 0.5) is 9.52 Å². The van der Waals surface area contributed by atoms with Gasteiger partial charge in [-0.2, -0.15) is 0 Å². The molecular weight excluding hydrogens is 499 g/mol. The van der Waals surface area contributed by atoms with Crippen LogP contribution in [-0.2, 0) is 9.59 Å². The number of hydrogen-bond acceptors (Lipinski definition) is 8. The fraction of sp³-hybridized carbons (Fsp3) is 0.148. The van der Waals surface area contributed by atoms with Crippen LogP contribution in [0.3, 0.4) is 0 Å². The van der Waals surface area contributed by atoms with Crippen molar-refractivity contribution in [3.63, 3.8) is 0 Å². The number of rotatable bonds is 6. The Labute approximate surface area is 215 Å². The summed E-state index contributed by atoms with van der Waals surface area (Å²) in [7, 11) is 4.48. The number of carbonyl (C=O) groups excluding carboxylic acids is 2. The number of anilines is 1. The zero-order valence-electron chi connectivity index (χ0n) is 20.0. The Balaban J connectivity index is 1.73. The topological polar surface area (TPSA) is 98.2 Å². The molecule has 1 amide bonds. The minimum atomic E-state index is -1.03. The number of benzene rings is 3. The Bertz CT molecular complexity index is 1560. The van der Waals surface area contributed by atoms with E-state index in [0.29, 0.717) is 38.6 Å². The highest BCUT2D eigenvalue weighted by Gasteiger charge is 2.48. The van der Waals surface area contributed by atoms with E-state index in [2.05, 4.69) is 4.98 Å². The summed E-state index contributed by atoms with van der Waals surface area (Å²) in [5, 5.41) is 11.5. The number of carbonyl (C=O) groups is 2. The molecule has 37 heavy (non-hydrogen) atoms. The normalized spacial score (nSPS) is 16.9. The molecule has 0 unspecified atom stereocenters. The van der Waals surface area contributed by atoms with E-state index in [1.807, 2.05) is 0 Å². The van der Waals surface area contributed by atoms with E-state index in [1.54, 1.807) is 42.5 Å². The second-order valence-electron chi connectivity index (χ2n) is 8.12. The molecule has 1 N–H and O–H groups in total. The van der Waals surface area contributed by atoms with Crippen LogP contribution in [0.25, 0.3) is 16.0 Å². The van der Waals surface area contributed by atoms with Crippen LogP contribution in [0.5, 0.6) is 17.2 Å². The number of methoxy groups -OCH3 is 3. The van der Waals surface area contributed by atoms with Gasteiger partial charge in [-0.05, 0) is 60.2 Å². The number of ketones is 1. The number of thiazole rings is 1. The Morgan fingerprint density at radius 2 is 1.68 bits per heavy atom. The maximum absolute atomic E-state index is 13.8. The van der Waals surface area contributed by atoms with E-state index in [4.69, 9.17) is 14.2 Å². The number of amides is 1. The molecule has 1 atom stereocenters. The summed E-state index contributed by atoms with van der Waals surface area (Å²) in [5.74, 6) is -1.14. The number of aliphatic hydroxyl groups is 1. The predicted octanol–water partition coefficient (Wildman–Crippen LogP) is 5.09. The average molecular weight is 521 g/mol. The van der Waals surface area contributed by atoms with Crippen molar-refractivity contribution in [1.29, 1.82) is 0 Å². The van der Waals surface area contributed by atoms with Crippen molar-refractivity contribution in [2.24, 2.45) is 0 Å². The lowest BCUT2D eigenvalue weighted by atomic mass is 9.95. The molecule has 5 rings (SSSR count). The highest BCUT2D eigenvalue weighted by Crippen LogP contribution is 2.46. The van der Waals surface area contributed by atoms with Crippen LogP contribution in [0.15, 0.2) is 66.2 Å². The van der Waals surface area contributed by atoms with Crippen molar-refractivity contribution < 1.29 is 33.3 Å². The lowest BCUT2D eigenvalue weighted by molar-refractivity contribution is -0.132. The van der Waals surface area contributed by atoms with Gasteiger partial charge in [-0.15, -0.1) is 0 Å². The Kier molecular flexibility index (Phi) is 6.26. The van der Waals surface area contributed by atoms with Gasteiger partial charge in [0.25, 0.3) is 5.78 Å². The van der Waals surface area contributed by atoms with Gasteiger partial charge < -0.3 is 19.3 Å². The van der Waals surface area contributed by atoms with E-state index in [1.165, 1.54) is 44.4 Å². The molecule has 0 spiro atoms. The van der Waals surface area contributed by atoms with Gasteiger partial charge in [0.2, 0.25) is 0 Å². The van der Waals surface area contributed by atoms with Gasteiger partial charge in [0.15, 0.2) is 16.6 Å². The first kappa shape index (κ1) is 24.3. The number of aliphatic hydroxyl groups excluding tert-OH is 1. The molecule has 3 aromatic carbocycles. The summed E-state index contributed by atoms with van der Waals surface area (Å²) >= 11 is 1.07. The molecule has 2 heterocycles. The number of aromatic nitrogens is 1. The first-order chi connectivity index (χ1) is 17.9. The summed E-state index contributed by atoms with van der Waals surface area (Å²) in [4.78, 5) is 32.5. The van der Waals surface area contributed by atoms with E-state index in [0.717, 1.165) is 11.3 Å². The van der Waals surface area contributed by atoms with E-state index >= 15 is 0 Å². The molecule has 1 aliphatic rings. The number of hydrogen-bond donors (Lipinski definition) is 1.